The van der Waals surface area contributed by atoms with E-state index in [0.29, 0.717) is 55.1 Å². The number of hydrogen-bond acceptors (Lipinski definition) is 5. The SMILES string of the molecule is CCOc1ccc(-n2cc(CCCN[C@@H]3Cn4c(=O)ccc5ccc(F)c3c54)oc2=O)cc1. The van der Waals surface area contributed by atoms with Gasteiger partial charge in [-0.2, -0.15) is 0 Å². The lowest BCUT2D eigenvalue weighted by Gasteiger charge is -2.13. The summed E-state index contributed by atoms with van der Waals surface area (Å²) < 4.78 is 28.5. The number of halogens is 1. The molecule has 1 N–H and O–H groups in total. The largest absolute Gasteiger partial charge is 0.494 e. The number of nitrogens with zero attached hydrogens (tertiary/aromatic N) is 2. The third kappa shape index (κ3) is 3.98. The van der Waals surface area contributed by atoms with Gasteiger partial charge in [0.05, 0.1) is 30.0 Å². The molecule has 0 radical (unpaired) electrons. The first kappa shape index (κ1) is 21.2. The van der Waals surface area contributed by atoms with Gasteiger partial charge in [-0.3, -0.25) is 4.79 Å². The molecule has 0 fully saturated rings. The Hall–Kier alpha value is -3.65. The number of benzene rings is 2. The Kier molecular flexibility index (Phi) is 5.60. The lowest BCUT2D eigenvalue weighted by molar-refractivity contribution is 0.340. The van der Waals surface area contributed by atoms with Gasteiger partial charge in [-0.25, -0.2) is 13.8 Å². The van der Waals surface area contributed by atoms with E-state index in [0.717, 1.165) is 11.1 Å². The van der Waals surface area contributed by atoms with Crippen molar-refractivity contribution in [3.05, 3.63) is 92.8 Å². The topological polar surface area (TPSA) is 78.4 Å². The maximum absolute atomic E-state index is 14.6. The van der Waals surface area contributed by atoms with Crippen molar-refractivity contribution in [1.82, 2.24) is 14.5 Å². The quantitative estimate of drug-likeness (QED) is 0.416. The van der Waals surface area contributed by atoms with Crippen molar-refractivity contribution in [2.24, 2.45) is 0 Å². The van der Waals surface area contributed by atoms with Gasteiger partial charge in [0.1, 0.15) is 17.3 Å². The van der Waals surface area contributed by atoms with Gasteiger partial charge in [0, 0.05) is 24.6 Å². The van der Waals surface area contributed by atoms with Gasteiger partial charge in [-0.15, -0.1) is 0 Å². The molecule has 1 atom stereocenters. The molecule has 0 saturated carbocycles. The molecule has 0 aliphatic carbocycles. The van der Waals surface area contributed by atoms with E-state index in [4.69, 9.17) is 9.15 Å². The van der Waals surface area contributed by atoms with E-state index < -0.39 is 5.76 Å². The molecule has 0 unspecified atom stereocenters. The standard InChI is InChI=1S/C25H24FN3O4/c1-2-32-18-9-7-17(8-10-18)28-14-19(33-25(28)31)4-3-13-27-21-15-29-22(30)12-6-16-5-11-20(26)23(21)24(16)29/h5-12,14,21,27H,2-4,13,15H2,1H3/t21-/m1/s1. The number of pyridine rings is 1. The van der Waals surface area contributed by atoms with E-state index in [1.807, 2.05) is 31.2 Å². The monoisotopic (exact) mass is 449 g/mol. The summed E-state index contributed by atoms with van der Waals surface area (Å²) >= 11 is 0. The molecule has 1 aliphatic rings. The molecule has 1 aliphatic heterocycles. The number of oxazole rings is 1. The molecule has 0 bridgehead atoms. The van der Waals surface area contributed by atoms with Crippen molar-refractivity contribution in [2.45, 2.75) is 32.4 Å². The van der Waals surface area contributed by atoms with Crippen LogP contribution < -0.4 is 21.4 Å². The molecule has 5 rings (SSSR count). The molecular weight excluding hydrogens is 425 g/mol. The first-order chi connectivity index (χ1) is 16.0. The molecule has 170 valence electrons. The van der Waals surface area contributed by atoms with Crippen molar-refractivity contribution in [3.63, 3.8) is 0 Å². The van der Waals surface area contributed by atoms with Gasteiger partial charge < -0.3 is 19.0 Å². The fourth-order valence-electron chi connectivity index (χ4n) is 4.44. The molecule has 7 nitrogen and oxygen atoms in total. The first-order valence-electron chi connectivity index (χ1n) is 11.0. The highest BCUT2D eigenvalue weighted by molar-refractivity contribution is 5.84. The second-order valence-electron chi connectivity index (χ2n) is 8.05. The maximum Gasteiger partial charge on any atom is 0.423 e. The highest BCUT2D eigenvalue weighted by atomic mass is 19.1. The van der Waals surface area contributed by atoms with E-state index in [1.54, 1.807) is 22.9 Å². The predicted octanol–water partition coefficient (Wildman–Crippen LogP) is 3.56. The Balaban J connectivity index is 1.23. The van der Waals surface area contributed by atoms with Gasteiger partial charge in [-0.05, 0) is 67.7 Å². The number of rotatable bonds is 8. The first-order valence-corrected chi connectivity index (χ1v) is 11.0. The van der Waals surface area contributed by atoms with Crippen LogP contribution in [0.15, 0.2) is 68.7 Å². The Morgan fingerprint density at radius 2 is 1.91 bits per heavy atom. The summed E-state index contributed by atoms with van der Waals surface area (Å²) in [5.41, 5.74) is 1.78. The minimum atomic E-state index is -0.443. The third-order valence-electron chi connectivity index (χ3n) is 5.95. The molecular formula is C25H24FN3O4. The summed E-state index contributed by atoms with van der Waals surface area (Å²) in [6.07, 6.45) is 2.94. The number of ether oxygens (including phenoxy) is 1. The molecule has 8 heteroatoms. The summed E-state index contributed by atoms with van der Waals surface area (Å²) in [5, 5.41) is 4.21. The summed E-state index contributed by atoms with van der Waals surface area (Å²) in [6, 6.07) is 13.4. The fraction of sp³-hybridized carbons (Fsp3) is 0.280. The molecule has 0 amide bonds. The Labute approximate surface area is 189 Å². The summed E-state index contributed by atoms with van der Waals surface area (Å²) in [5.74, 6) is 0.569. The van der Waals surface area contributed by atoms with Gasteiger partial charge in [0.25, 0.3) is 5.56 Å². The summed E-state index contributed by atoms with van der Waals surface area (Å²) in [4.78, 5) is 24.5. The molecule has 3 heterocycles. The second-order valence-corrected chi connectivity index (χ2v) is 8.05. The Bertz CT molecular complexity index is 1420. The van der Waals surface area contributed by atoms with Crippen LogP contribution in [0.2, 0.25) is 0 Å². The lowest BCUT2D eigenvalue weighted by atomic mass is 10.1. The van der Waals surface area contributed by atoms with Crippen molar-refractivity contribution < 1.29 is 13.5 Å². The van der Waals surface area contributed by atoms with Crippen LogP contribution in [-0.4, -0.2) is 22.3 Å². The second kappa shape index (κ2) is 8.71. The van der Waals surface area contributed by atoms with Crippen molar-refractivity contribution >= 4 is 10.9 Å². The number of nitrogens with one attached hydrogen (secondary N) is 1. The smallest absolute Gasteiger partial charge is 0.423 e. The zero-order valence-electron chi connectivity index (χ0n) is 18.2. The number of aryl methyl sites for hydroxylation is 1. The average Bonchev–Trinajstić information content (AvgIpc) is 3.38. The molecule has 0 spiro atoms. The molecule has 2 aromatic heterocycles. The highest BCUT2D eigenvalue weighted by Crippen LogP contribution is 2.33. The van der Waals surface area contributed by atoms with E-state index >= 15 is 0 Å². The van der Waals surface area contributed by atoms with Gasteiger partial charge in [-0.1, -0.05) is 0 Å². The Morgan fingerprint density at radius 3 is 2.70 bits per heavy atom. The zero-order chi connectivity index (χ0) is 22.9. The van der Waals surface area contributed by atoms with Crippen molar-refractivity contribution in [1.29, 1.82) is 0 Å². The fourth-order valence-corrected chi connectivity index (χ4v) is 4.44. The minimum absolute atomic E-state index is 0.129. The van der Waals surface area contributed by atoms with Gasteiger partial charge in [0.2, 0.25) is 0 Å². The maximum atomic E-state index is 14.6. The van der Waals surface area contributed by atoms with Crippen LogP contribution in [-0.2, 0) is 13.0 Å². The van der Waals surface area contributed by atoms with Crippen LogP contribution in [0, 0.1) is 5.82 Å². The van der Waals surface area contributed by atoms with Crippen LogP contribution in [0.4, 0.5) is 4.39 Å². The van der Waals surface area contributed by atoms with Gasteiger partial charge in [0.15, 0.2) is 0 Å². The van der Waals surface area contributed by atoms with Crippen LogP contribution in [0.5, 0.6) is 5.75 Å². The van der Waals surface area contributed by atoms with E-state index in [-0.39, 0.29) is 17.4 Å². The summed E-state index contributed by atoms with van der Waals surface area (Å²) in [7, 11) is 0. The van der Waals surface area contributed by atoms with Crippen molar-refractivity contribution in [2.75, 3.05) is 13.2 Å². The molecule has 2 aromatic carbocycles. The molecule has 0 saturated heterocycles. The predicted molar refractivity (Wildman–Crippen MR) is 123 cm³/mol. The minimum Gasteiger partial charge on any atom is -0.494 e. The van der Waals surface area contributed by atoms with Crippen LogP contribution in [0.3, 0.4) is 0 Å². The zero-order valence-corrected chi connectivity index (χ0v) is 18.2. The highest BCUT2D eigenvalue weighted by Gasteiger charge is 2.27. The van der Waals surface area contributed by atoms with Crippen LogP contribution >= 0.6 is 0 Å². The average molecular weight is 449 g/mol. The van der Waals surface area contributed by atoms with E-state index in [2.05, 4.69) is 5.32 Å². The number of hydrogen-bond donors (Lipinski definition) is 1. The lowest BCUT2D eigenvalue weighted by Crippen LogP contribution is -2.26. The van der Waals surface area contributed by atoms with E-state index in [9.17, 15) is 14.0 Å². The normalized spacial score (nSPS) is 14.8. The Morgan fingerprint density at radius 1 is 1.12 bits per heavy atom. The van der Waals surface area contributed by atoms with E-state index in [1.165, 1.54) is 16.7 Å². The van der Waals surface area contributed by atoms with Gasteiger partial charge >= 0.3 is 5.76 Å². The van der Waals surface area contributed by atoms with Crippen molar-refractivity contribution in [3.8, 4) is 11.4 Å². The third-order valence-corrected chi connectivity index (χ3v) is 5.95. The van der Waals surface area contributed by atoms with Crippen LogP contribution in [0.25, 0.3) is 16.6 Å². The summed E-state index contributed by atoms with van der Waals surface area (Å²) in [6.45, 7) is 3.48. The molecule has 33 heavy (non-hydrogen) atoms. The number of aromatic nitrogens is 2. The van der Waals surface area contributed by atoms with Crippen LogP contribution in [0.1, 0.15) is 30.7 Å². The molecule has 4 aromatic rings.